The quantitative estimate of drug-likeness (QED) is 0.751. The molecule has 94 valence electrons. The Hall–Kier alpha value is -0.610. The minimum absolute atomic E-state index is 0.262. The zero-order valence-corrected chi connectivity index (χ0v) is 10.3. The van der Waals surface area contributed by atoms with Gasteiger partial charge < -0.3 is 9.84 Å². The molecule has 1 rings (SSSR count). The molecule has 1 saturated carbocycles. The van der Waals surface area contributed by atoms with Crippen molar-refractivity contribution in [3.05, 3.63) is 0 Å². The molecule has 0 radical (unpaired) electrons. The Morgan fingerprint density at radius 3 is 2.56 bits per heavy atom. The molecule has 0 aromatic heterocycles. The Morgan fingerprint density at radius 1 is 1.44 bits per heavy atom. The summed E-state index contributed by atoms with van der Waals surface area (Å²) in [5, 5.41) is 9.08. The molecule has 1 fully saturated rings. The van der Waals surface area contributed by atoms with Gasteiger partial charge in [0.25, 0.3) is 0 Å². The number of nitrogens with zero attached hydrogens (tertiary/aromatic N) is 1. The van der Waals surface area contributed by atoms with Crippen LogP contribution in [0.2, 0.25) is 0 Å². The number of rotatable bonds is 6. The first-order valence-electron chi connectivity index (χ1n) is 6.07. The summed E-state index contributed by atoms with van der Waals surface area (Å²) in [6.45, 7) is 1.14. The minimum Gasteiger partial charge on any atom is -0.480 e. The fraction of sp³-hybridized carbons (Fsp3) is 0.917. The van der Waals surface area contributed by atoms with Crippen molar-refractivity contribution >= 4 is 5.97 Å². The van der Waals surface area contributed by atoms with Crippen molar-refractivity contribution in [2.45, 2.75) is 38.1 Å². The van der Waals surface area contributed by atoms with E-state index in [9.17, 15) is 4.79 Å². The second kappa shape index (κ2) is 6.86. The molecule has 0 spiro atoms. The number of hydrogen-bond acceptors (Lipinski definition) is 3. The summed E-state index contributed by atoms with van der Waals surface area (Å²) in [7, 11) is 3.43. The van der Waals surface area contributed by atoms with Crippen LogP contribution in [0.4, 0.5) is 0 Å². The van der Waals surface area contributed by atoms with Crippen LogP contribution in [0, 0.1) is 5.92 Å². The molecule has 0 aromatic rings. The largest absolute Gasteiger partial charge is 0.480 e. The Morgan fingerprint density at radius 2 is 2.06 bits per heavy atom. The Balaban J connectivity index is 2.40. The maximum absolute atomic E-state index is 11.1. The number of methoxy groups -OCH3 is 1. The van der Waals surface area contributed by atoms with E-state index >= 15 is 0 Å². The third-order valence-corrected chi connectivity index (χ3v) is 3.41. The van der Waals surface area contributed by atoms with Crippen molar-refractivity contribution < 1.29 is 14.6 Å². The van der Waals surface area contributed by atoms with Gasteiger partial charge in [-0.15, -0.1) is 0 Å². The van der Waals surface area contributed by atoms with E-state index in [4.69, 9.17) is 9.84 Å². The summed E-state index contributed by atoms with van der Waals surface area (Å²) in [5.74, 6) is -0.127. The monoisotopic (exact) mass is 229 g/mol. The van der Waals surface area contributed by atoms with Gasteiger partial charge in [-0.05, 0) is 25.8 Å². The highest BCUT2D eigenvalue weighted by molar-refractivity contribution is 5.73. The van der Waals surface area contributed by atoms with E-state index in [0.29, 0.717) is 5.92 Å². The second-order valence-electron chi connectivity index (χ2n) is 4.75. The second-order valence-corrected chi connectivity index (χ2v) is 4.75. The molecule has 1 atom stereocenters. The minimum atomic E-state index is -0.792. The summed E-state index contributed by atoms with van der Waals surface area (Å²) >= 11 is 0. The molecular weight excluding hydrogens is 206 g/mol. The van der Waals surface area contributed by atoms with Gasteiger partial charge in [-0.2, -0.15) is 0 Å². The summed E-state index contributed by atoms with van der Waals surface area (Å²) in [4.78, 5) is 13.0. The van der Waals surface area contributed by atoms with E-state index in [1.807, 2.05) is 11.9 Å². The summed E-state index contributed by atoms with van der Waals surface area (Å²) in [6.07, 6.45) is 6.40. The van der Waals surface area contributed by atoms with Gasteiger partial charge in [0.1, 0.15) is 6.04 Å². The predicted octanol–water partition coefficient (Wildman–Crippen LogP) is 1.60. The van der Waals surface area contributed by atoms with Gasteiger partial charge in [0, 0.05) is 13.7 Å². The van der Waals surface area contributed by atoms with Gasteiger partial charge in [0.15, 0.2) is 0 Å². The van der Waals surface area contributed by atoms with Crippen LogP contribution < -0.4 is 0 Å². The van der Waals surface area contributed by atoms with E-state index in [0.717, 1.165) is 6.54 Å². The first kappa shape index (κ1) is 13.5. The molecule has 0 heterocycles. The van der Waals surface area contributed by atoms with Crippen LogP contribution in [0.25, 0.3) is 0 Å². The zero-order valence-electron chi connectivity index (χ0n) is 10.3. The van der Waals surface area contributed by atoms with Crippen LogP contribution in [0.1, 0.15) is 32.1 Å². The molecule has 16 heavy (non-hydrogen) atoms. The number of carbonyl (C=O) groups is 1. The van der Waals surface area contributed by atoms with Crippen LogP contribution >= 0.6 is 0 Å². The van der Waals surface area contributed by atoms with E-state index in [2.05, 4.69) is 0 Å². The van der Waals surface area contributed by atoms with Crippen LogP contribution in [0.15, 0.2) is 0 Å². The number of aliphatic carboxylic acids is 1. The van der Waals surface area contributed by atoms with Crippen molar-refractivity contribution in [2.75, 3.05) is 27.3 Å². The predicted molar refractivity (Wildman–Crippen MR) is 62.5 cm³/mol. The lowest BCUT2D eigenvalue weighted by Crippen LogP contribution is -2.44. The zero-order chi connectivity index (χ0) is 12.0. The normalized spacial score (nSPS) is 19.9. The van der Waals surface area contributed by atoms with Crippen molar-refractivity contribution in [2.24, 2.45) is 5.92 Å². The fourth-order valence-corrected chi connectivity index (χ4v) is 2.45. The average Bonchev–Trinajstić information content (AvgIpc) is 2.26. The van der Waals surface area contributed by atoms with Crippen LogP contribution in [0.5, 0.6) is 0 Å². The van der Waals surface area contributed by atoms with Crippen LogP contribution in [-0.4, -0.2) is 49.3 Å². The molecule has 0 aliphatic heterocycles. The molecule has 0 aromatic carbocycles. The molecule has 1 aliphatic rings. The van der Waals surface area contributed by atoms with Crippen molar-refractivity contribution in [3.8, 4) is 0 Å². The number of hydrogen-bond donors (Lipinski definition) is 1. The van der Waals surface area contributed by atoms with E-state index in [1.165, 1.54) is 32.1 Å². The Labute approximate surface area is 97.6 Å². The summed E-state index contributed by atoms with van der Waals surface area (Å²) < 4.78 is 4.95. The molecule has 1 unspecified atom stereocenters. The van der Waals surface area contributed by atoms with Gasteiger partial charge >= 0.3 is 5.97 Å². The smallest absolute Gasteiger partial charge is 0.323 e. The molecule has 1 N–H and O–H groups in total. The van der Waals surface area contributed by atoms with Crippen molar-refractivity contribution in [1.82, 2.24) is 4.90 Å². The van der Waals surface area contributed by atoms with E-state index in [-0.39, 0.29) is 6.61 Å². The Bertz CT molecular complexity index is 214. The molecule has 0 bridgehead atoms. The van der Waals surface area contributed by atoms with Crippen molar-refractivity contribution in [1.29, 1.82) is 0 Å². The molecular formula is C12H23NO3. The topological polar surface area (TPSA) is 49.8 Å². The van der Waals surface area contributed by atoms with Gasteiger partial charge in [-0.25, -0.2) is 0 Å². The van der Waals surface area contributed by atoms with Gasteiger partial charge in [-0.1, -0.05) is 19.3 Å². The number of ether oxygens (including phenoxy) is 1. The highest BCUT2D eigenvalue weighted by atomic mass is 16.5. The van der Waals surface area contributed by atoms with Crippen LogP contribution in [-0.2, 0) is 9.53 Å². The van der Waals surface area contributed by atoms with Gasteiger partial charge in [0.2, 0.25) is 0 Å². The highest BCUT2D eigenvalue weighted by Crippen LogP contribution is 2.24. The maximum atomic E-state index is 11.1. The lowest BCUT2D eigenvalue weighted by Gasteiger charge is -2.30. The number of likely N-dealkylation sites (N-methyl/N-ethyl adjacent to an activating group) is 1. The molecule has 1 aliphatic carbocycles. The van der Waals surface area contributed by atoms with Gasteiger partial charge in [0.05, 0.1) is 6.61 Å². The fourth-order valence-electron chi connectivity index (χ4n) is 2.45. The standard InChI is InChI=1S/C12H23NO3/c1-13(11(9-16-2)12(14)15)8-10-6-4-3-5-7-10/h10-11H,3-9H2,1-2H3,(H,14,15). The highest BCUT2D eigenvalue weighted by Gasteiger charge is 2.25. The summed E-state index contributed by atoms with van der Waals surface area (Å²) in [6, 6.07) is -0.507. The van der Waals surface area contributed by atoms with Crippen molar-refractivity contribution in [3.63, 3.8) is 0 Å². The number of carboxylic acid groups (broad SMARTS) is 1. The first-order chi connectivity index (χ1) is 7.65. The lowest BCUT2D eigenvalue weighted by molar-refractivity contribution is -0.145. The third-order valence-electron chi connectivity index (χ3n) is 3.41. The van der Waals surface area contributed by atoms with Crippen LogP contribution in [0.3, 0.4) is 0 Å². The SMILES string of the molecule is COCC(C(=O)O)N(C)CC1CCCCC1. The van der Waals surface area contributed by atoms with Gasteiger partial charge in [-0.3, -0.25) is 9.69 Å². The molecule has 0 amide bonds. The summed E-state index contributed by atoms with van der Waals surface area (Å²) in [5.41, 5.74) is 0. The number of carboxylic acids is 1. The first-order valence-corrected chi connectivity index (χ1v) is 6.07. The van der Waals surface area contributed by atoms with E-state index in [1.54, 1.807) is 7.11 Å². The van der Waals surface area contributed by atoms with E-state index < -0.39 is 12.0 Å². The lowest BCUT2D eigenvalue weighted by atomic mass is 9.89. The average molecular weight is 229 g/mol. The Kier molecular flexibility index (Phi) is 5.77. The molecule has 0 saturated heterocycles. The molecule has 4 nitrogen and oxygen atoms in total. The molecule has 4 heteroatoms. The third kappa shape index (κ3) is 4.10. The maximum Gasteiger partial charge on any atom is 0.323 e.